The van der Waals surface area contributed by atoms with E-state index in [9.17, 15) is 14.4 Å². The van der Waals surface area contributed by atoms with Gasteiger partial charge in [0.2, 0.25) is 5.91 Å². The van der Waals surface area contributed by atoms with Crippen LogP contribution in [-0.4, -0.2) is 30.9 Å². The second-order valence-corrected chi connectivity index (χ2v) is 6.57. The van der Waals surface area contributed by atoms with Gasteiger partial charge in [0, 0.05) is 5.02 Å². The molecule has 2 aromatic rings. The van der Waals surface area contributed by atoms with Gasteiger partial charge in [0.25, 0.3) is 5.91 Å². The summed E-state index contributed by atoms with van der Waals surface area (Å²) in [5, 5.41) is 5.37. The molecule has 2 aromatic carbocycles. The number of benzene rings is 2. The SMILES string of the molecule is Cc1ccc(COC(=O)CNC(=O)CNC(=O)c2ccc(Cl)cc2Cl)cc1. The lowest BCUT2D eigenvalue weighted by Gasteiger charge is -2.09. The van der Waals surface area contributed by atoms with Gasteiger partial charge < -0.3 is 15.4 Å². The maximum Gasteiger partial charge on any atom is 0.325 e. The average Bonchev–Trinajstić information content (AvgIpc) is 2.64. The van der Waals surface area contributed by atoms with Crippen molar-refractivity contribution in [2.45, 2.75) is 13.5 Å². The number of nitrogens with one attached hydrogen (secondary N) is 2. The predicted molar refractivity (Wildman–Crippen MR) is 103 cm³/mol. The van der Waals surface area contributed by atoms with Crippen LogP contribution < -0.4 is 10.6 Å². The molecule has 6 nitrogen and oxygen atoms in total. The zero-order valence-corrected chi connectivity index (χ0v) is 16.1. The van der Waals surface area contributed by atoms with Gasteiger partial charge >= 0.3 is 5.97 Å². The lowest BCUT2D eigenvalue weighted by Crippen LogP contribution is -2.39. The van der Waals surface area contributed by atoms with E-state index in [1.54, 1.807) is 0 Å². The fraction of sp³-hybridized carbons (Fsp3) is 0.211. The van der Waals surface area contributed by atoms with Crippen LogP contribution in [0, 0.1) is 6.92 Å². The van der Waals surface area contributed by atoms with E-state index in [1.165, 1.54) is 18.2 Å². The van der Waals surface area contributed by atoms with Crippen molar-refractivity contribution >= 4 is 41.0 Å². The molecule has 0 unspecified atom stereocenters. The number of rotatable bonds is 7. The summed E-state index contributed by atoms with van der Waals surface area (Å²) in [5.74, 6) is -1.62. The molecule has 0 fully saturated rings. The number of halogens is 2. The number of hydrogen-bond acceptors (Lipinski definition) is 4. The highest BCUT2D eigenvalue weighted by molar-refractivity contribution is 6.36. The normalized spacial score (nSPS) is 10.2. The fourth-order valence-corrected chi connectivity index (χ4v) is 2.56. The summed E-state index contributed by atoms with van der Waals surface area (Å²) < 4.78 is 5.07. The first-order chi connectivity index (χ1) is 12.8. The summed E-state index contributed by atoms with van der Waals surface area (Å²) >= 11 is 11.7. The number of carbonyl (C=O) groups is 3. The monoisotopic (exact) mass is 408 g/mol. The summed E-state index contributed by atoms with van der Waals surface area (Å²) in [7, 11) is 0. The minimum atomic E-state index is -0.573. The lowest BCUT2D eigenvalue weighted by atomic mass is 10.2. The highest BCUT2D eigenvalue weighted by Crippen LogP contribution is 2.20. The van der Waals surface area contributed by atoms with Gasteiger partial charge in [-0.2, -0.15) is 0 Å². The van der Waals surface area contributed by atoms with Crippen LogP contribution in [0.3, 0.4) is 0 Å². The van der Waals surface area contributed by atoms with E-state index in [0.717, 1.165) is 11.1 Å². The molecule has 0 aliphatic rings. The third kappa shape index (κ3) is 6.92. The first-order valence-electron chi connectivity index (χ1n) is 8.06. The maximum atomic E-state index is 12.0. The zero-order chi connectivity index (χ0) is 19.8. The molecule has 2 amide bonds. The molecule has 0 radical (unpaired) electrons. The van der Waals surface area contributed by atoms with Gasteiger partial charge in [-0.25, -0.2) is 0 Å². The van der Waals surface area contributed by atoms with Crippen molar-refractivity contribution in [3.05, 3.63) is 69.2 Å². The summed E-state index contributed by atoms with van der Waals surface area (Å²) in [4.78, 5) is 35.4. The number of carbonyl (C=O) groups excluding carboxylic acids is 3. The highest BCUT2D eigenvalue weighted by Gasteiger charge is 2.13. The van der Waals surface area contributed by atoms with Crippen LogP contribution in [-0.2, 0) is 20.9 Å². The molecule has 0 saturated carbocycles. The van der Waals surface area contributed by atoms with E-state index in [2.05, 4.69) is 10.6 Å². The molecule has 0 aliphatic carbocycles. The molecule has 2 rings (SSSR count). The van der Waals surface area contributed by atoms with Crippen molar-refractivity contribution in [3.63, 3.8) is 0 Å². The second-order valence-electron chi connectivity index (χ2n) is 5.73. The molecule has 8 heteroatoms. The summed E-state index contributed by atoms with van der Waals surface area (Å²) in [5.41, 5.74) is 2.16. The van der Waals surface area contributed by atoms with Gasteiger partial charge in [0.1, 0.15) is 13.2 Å². The molecular weight excluding hydrogens is 391 g/mol. The smallest absolute Gasteiger partial charge is 0.325 e. The van der Waals surface area contributed by atoms with Gasteiger partial charge in [-0.15, -0.1) is 0 Å². The molecule has 0 aromatic heterocycles. The molecule has 142 valence electrons. The topological polar surface area (TPSA) is 84.5 Å². The standard InChI is InChI=1S/C19H18Cl2N2O4/c1-12-2-4-13(5-3-12)11-27-18(25)10-22-17(24)9-23-19(26)15-7-6-14(20)8-16(15)21/h2-8H,9-11H2,1H3,(H,22,24)(H,23,26). The van der Waals surface area contributed by atoms with Gasteiger partial charge in [-0.3, -0.25) is 14.4 Å². The van der Waals surface area contributed by atoms with E-state index in [4.69, 9.17) is 27.9 Å². The summed E-state index contributed by atoms with van der Waals surface area (Å²) in [6.45, 7) is 1.50. The molecule has 0 atom stereocenters. The number of esters is 1. The predicted octanol–water partition coefficient (Wildman–Crippen LogP) is 2.89. The van der Waals surface area contributed by atoms with Crippen LogP contribution in [0.4, 0.5) is 0 Å². The van der Waals surface area contributed by atoms with Crippen molar-refractivity contribution in [2.24, 2.45) is 0 Å². The molecular formula is C19H18Cl2N2O4. The van der Waals surface area contributed by atoms with Crippen LogP contribution >= 0.6 is 23.2 Å². The molecule has 0 aliphatic heterocycles. The third-order valence-corrected chi connectivity index (χ3v) is 4.08. The Hall–Kier alpha value is -2.57. The van der Waals surface area contributed by atoms with Crippen molar-refractivity contribution in [2.75, 3.05) is 13.1 Å². The second kappa shape index (κ2) is 9.94. The Balaban J connectivity index is 1.70. The maximum absolute atomic E-state index is 12.0. The van der Waals surface area contributed by atoms with Crippen LogP contribution in [0.15, 0.2) is 42.5 Å². The van der Waals surface area contributed by atoms with Crippen molar-refractivity contribution in [1.82, 2.24) is 10.6 Å². The number of aryl methyl sites for hydroxylation is 1. The van der Waals surface area contributed by atoms with E-state index in [1.807, 2.05) is 31.2 Å². The minimum Gasteiger partial charge on any atom is -0.460 e. The number of amides is 2. The Morgan fingerprint density at radius 1 is 0.963 bits per heavy atom. The van der Waals surface area contributed by atoms with Gasteiger partial charge in [-0.05, 0) is 30.7 Å². The lowest BCUT2D eigenvalue weighted by molar-refractivity contribution is -0.145. The third-order valence-electron chi connectivity index (χ3n) is 3.54. The van der Waals surface area contributed by atoms with E-state index < -0.39 is 17.8 Å². The quantitative estimate of drug-likeness (QED) is 0.689. The Morgan fingerprint density at radius 3 is 2.33 bits per heavy atom. The number of hydrogen-bond donors (Lipinski definition) is 2. The average molecular weight is 409 g/mol. The molecule has 2 N–H and O–H groups in total. The Kier molecular flexibility index (Phi) is 7.64. The fourth-order valence-electron chi connectivity index (χ4n) is 2.06. The zero-order valence-electron chi connectivity index (χ0n) is 14.6. The molecule has 0 spiro atoms. The van der Waals surface area contributed by atoms with E-state index in [0.29, 0.717) is 5.02 Å². The Bertz CT molecular complexity index is 838. The van der Waals surface area contributed by atoms with E-state index >= 15 is 0 Å². The number of ether oxygens (including phenoxy) is 1. The molecule has 0 bridgehead atoms. The van der Waals surface area contributed by atoms with Crippen molar-refractivity contribution in [3.8, 4) is 0 Å². The van der Waals surface area contributed by atoms with Crippen molar-refractivity contribution < 1.29 is 19.1 Å². The minimum absolute atomic E-state index is 0.126. The van der Waals surface area contributed by atoms with Crippen LogP contribution in [0.5, 0.6) is 0 Å². The first kappa shape index (κ1) is 20.7. The largest absolute Gasteiger partial charge is 0.460 e. The van der Waals surface area contributed by atoms with E-state index in [-0.39, 0.29) is 30.3 Å². The summed E-state index contributed by atoms with van der Waals surface area (Å²) in [6.07, 6.45) is 0. The first-order valence-corrected chi connectivity index (χ1v) is 8.82. The van der Waals surface area contributed by atoms with Gasteiger partial charge in [-0.1, -0.05) is 53.0 Å². The molecule has 27 heavy (non-hydrogen) atoms. The molecule has 0 heterocycles. The Labute approximate surface area is 166 Å². The van der Waals surface area contributed by atoms with Gasteiger partial charge in [0.15, 0.2) is 0 Å². The Morgan fingerprint density at radius 2 is 1.67 bits per heavy atom. The van der Waals surface area contributed by atoms with Crippen LogP contribution in [0.25, 0.3) is 0 Å². The molecule has 0 saturated heterocycles. The van der Waals surface area contributed by atoms with Gasteiger partial charge in [0.05, 0.1) is 17.1 Å². The highest BCUT2D eigenvalue weighted by atomic mass is 35.5. The van der Waals surface area contributed by atoms with Crippen LogP contribution in [0.2, 0.25) is 10.0 Å². The van der Waals surface area contributed by atoms with Crippen molar-refractivity contribution in [1.29, 1.82) is 0 Å². The van der Waals surface area contributed by atoms with Crippen LogP contribution in [0.1, 0.15) is 21.5 Å². The summed E-state index contributed by atoms with van der Waals surface area (Å²) in [6, 6.07) is 12.0.